The van der Waals surface area contributed by atoms with Crippen molar-refractivity contribution in [3.8, 4) is 0 Å². The van der Waals surface area contributed by atoms with Gasteiger partial charge in [-0.2, -0.15) is 13.2 Å². The molecule has 0 spiro atoms. The van der Waals surface area contributed by atoms with E-state index in [9.17, 15) is 13.2 Å². The molecular formula is C13H17ClF3N. The largest absolute Gasteiger partial charge is 0.416 e. The van der Waals surface area contributed by atoms with Crippen molar-refractivity contribution in [3.63, 3.8) is 0 Å². The summed E-state index contributed by atoms with van der Waals surface area (Å²) in [6.45, 7) is 6.03. The van der Waals surface area contributed by atoms with Crippen LogP contribution in [0.5, 0.6) is 0 Å². The molecule has 0 saturated carbocycles. The zero-order chi connectivity index (χ0) is 14.0. The zero-order valence-corrected chi connectivity index (χ0v) is 11.4. The minimum Gasteiger partial charge on any atom is -0.306 e. The summed E-state index contributed by atoms with van der Waals surface area (Å²) in [5, 5.41) is 3.03. The average Bonchev–Trinajstić information content (AvgIpc) is 2.25. The molecule has 0 fully saturated rings. The first-order valence-electron chi connectivity index (χ1n) is 5.68. The summed E-state index contributed by atoms with van der Waals surface area (Å²) < 4.78 is 37.6. The minimum atomic E-state index is -4.30. The lowest BCUT2D eigenvalue weighted by Crippen LogP contribution is -2.45. The molecule has 1 N–H and O–H groups in total. The summed E-state index contributed by atoms with van der Waals surface area (Å²) in [6, 6.07) is 5.30. The molecule has 1 nitrogen and oxygen atoms in total. The van der Waals surface area contributed by atoms with Gasteiger partial charge in [-0.25, -0.2) is 0 Å². The zero-order valence-electron chi connectivity index (χ0n) is 10.6. The Kier molecular flexibility index (Phi) is 4.67. The smallest absolute Gasteiger partial charge is 0.306 e. The molecule has 1 rings (SSSR count). The van der Waals surface area contributed by atoms with Crippen molar-refractivity contribution in [1.82, 2.24) is 5.32 Å². The van der Waals surface area contributed by atoms with E-state index in [0.29, 0.717) is 12.1 Å². The Morgan fingerprint density at radius 1 is 1.28 bits per heavy atom. The highest BCUT2D eigenvalue weighted by Crippen LogP contribution is 2.29. The standard InChI is InChI=1S/C13H17ClF3N/c1-9(14)12(2,3)18-8-10-5-4-6-11(7-10)13(15,16)17/h4-7,9,18H,8H2,1-3H3. The van der Waals surface area contributed by atoms with Gasteiger partial charge < -0.3 is 5.32 Å². The Hall–Kier alpha value is -0.740. The van der Waals surface area contributed by atoms with E-state index in [2.05, 4.69) is 5.32 Å². The van der Waals surface area contributed by atoms with Crippen molar-refractivity contribution in [2.24, 2.45) is 0 Å². The summed E-state index contributed by atoms with van der Waals surface area (Å²) in [7, 11) is 0. The predicted octanol–water partition coefficient (Wildman–Crippen LogP) is 4.20. The molecule has 5 heteroatoms. The number of rotatable bonds is 4. The summed E-state index contributed by atoms with van der Waals surface area (Å²) in [6.07, 6.45) is -4.30. The first kappa shape index (κ1) is 15.3. The van der Waals surface area contributed by atoms with Crippen LogP contribution < -0.4 is 5.32 Å². The molecule has 1 aromatic rings. The van der Waals surface area contributed by atoms with Crippen LogP contribution in [0.15, 0.2) is 24.3 Å². The van der Waals surface area contributed by atoms with E-state index in [0.717, 1.165) is 12.1 Å². The molecule has 102 valence electrons. The Labute approximate surface area is 110 Å². The molecule has 0 aliphatic carbocycles. The van der Waals surface area contributed by atoms with Gasteiger partial charge in [0.15, 0.2) is 0 Å². The Bertz CT molecular complexity index is 399. The highest BCUT2D eigenvalue weighted by molar-refractivity contribution is 6.21. The Morgan fingerprint density at radius 2 is 1.89 bits per heavy atom. The minimum absolute atomic E-state index is 0.122. The van der Waals surface area contributed by atoms with E-state index < -0.39 is 11.7 Å². The fourth-order valence-electron chi connectivity index (χ4n) is 1.33. The average molecular weight is 280 g/mol. The number of nitrogens with one attached hydrogen (secondary N) is 1. The van der Waals surface area contributed by atoms with Crippen molar-refractivity contribution >= 4 is 11.6 Å². The molecule has 0 amide bonds. The molecule has 1 atom stereocenters. The molecular weight excluding hydrogens is 263 g/mol. The highest BCUT2D eigenvalue weighted by Gasteiger charge is 2.30. The molecule has 0 aliphatic heterocycles. The van der Waals surface area contributed by atoms with Gasteiger partial charge in [0.1, 0.15) is 0 Å². The van der Waals surface area contributed by atoms with Crippen molar-refractivity contribution in [1.29, 1.82) is 0 Å². The lowest BCUT2D eigenvalue weighted by molar-refractivity contribution is -0.137. The van der Waals surface area contributed by atoms with Crippen LogP contribution in [0.25, 0.3) is 0 Å². The van der Waals surface area contributed by atoms with Gasteiger partial charge in [0, 0.05) is 17.5 Å². The van der Waals surface area contributed by atoms with Gasteiger partial charge in [-0.1, -0.05) is 18.2 Å². The van der Waals surface area contributed by atoms with Crippen LogP contribution in [0.1, 0.15) is 31.9 Å². The predicted molar refractivity (Wildman–Crippen MR) is 67.7 cm³/mol. The Balaban J connectivity index is 2.75. The molecule has 0 aliphatic rings. The SMILES string of the molecule is CC(Cl)C(C)(C)NCc1cccc(C(F)(F)F)c1. The summed E-state index contributed by atoms with van der Waals surface area (Å²) in [4.78, 5) is 0. The first-order valence-corrected chi connectivity index (χ1v) is 6.12. The van der Waals surface area contributed by atoms with Crippen LogP contribution in [0.4, 0.5) is 13.2 Å². The monoisotopic (exact) mass is 279 g/mol. The second kappa shape index (κ2) is 5.49. The quantitative estimate of drug-likeness (QED) is 0.815. The number of hydrogen-bond donors (Lipinski definition) is 1. The van der Waals surface area contributed by atoms with E-state index in [-0.39, 0.29) is 10.9 Å². The molecule has 0 saturated heterocycles. The highest BCUT2D eigenvalue weighted by atomic mass is 35.5. The van der Waals surface area contributed by atoms with E-state index >= 15 is 0 Å². The number of halogens is 4. The molecule has 0 radical (unpaired) electrons. The maximum absolute atomic E-state index is 12.5. The van der Waals surface area contributed by atoms with Crippen LogP contribution in [-0.2, 0) is 12.7 Å². The first-order chi connectivity index (χ1) is 8.13. The fourth-order valence-corrected chi connectivity index (χ4v) is 1.41. The van der Waals surface area contributed by atoms with Gasteiger partial charge in [-0.15, -0.1) is 11.6 Å². The number of hydrogen-bond acceptors (Lipinski definition) is 1. The maximum Gasteiger partial charge on any atom is 0.416 e. The van der Waals surface area contributed by atoms with Crippen LogP contribution in [0.3, 0.4) is 0 Å². The van der Waals surface area contributed by atoms with Crippen molar-refractivity contribution in [3.05, 3.63) is 35.4 Å². The van der Waals surface area contributed by atoms with Gasteiger partial charge >= 0.3 is 6.18 Å². The molecule has 0 heterocycles. The molecule has 0 bridgehead atoms. The Morgan fingerprint density at radius 3 is 2.39 bits per heavy atom. The number of alkyl halides is 4. The summed E-state index contributed by atoms with van der Waals surface area (Å²) in [5.41, 5.74) is -0.371. The van der Waals surface area contributed by atoms with Crippen molar-refractivity contribution < 1.29 is 13.2 Å². The van der Waals surface area contributed by atoms with Crippen LogP contribution in [0.2, 0.25) is 0 Å². The summed E-state index contributed by atoms with van der Waals surface area (Å²) in [5.74, 6) is 0. The van der Waals surface area contributed by atoms with Gasteiger partial charge in [0.2, 0.25) is 0 Å². The molecule has 18 heavy (non-hydrogen) atoms. The topological polar surface area (TPSA) is 12.0 Å². The lowest BCUT2D eigenvalue weighted by atomic mass is 10.0. The van der Waals surface area contributed by atoms with Gasteiger partial charge in [0.25, 0.3) is 0 Å². The van der Waals surface area contributed by atoms with Crippen LogP contribution in [0, 0.1) is 0 Å². The lowest BCUT2D eigenvalue weighted by Gasteiger charge is -2.29. The molecule has 0 aromatic heterocycles. The van der Waals surface area contributed by atoms with E-state index in [1.807, 2.05) is 20.8 Å². The summed E-state index contributed by atoms with van der Waals surface area (Å²) >= 11 is 6.00. The van der Waals surface area contributed by atoms with Crippen LogP contribution in [-0.4, -0.2) is 10.9 Å². The number of benzene rings is 1. The second-order valence-electron chi connectivity index (χ2n) is 4.89. The fraction of sp³-hybridized carbons (Fsp3) is 0.538. The normalized spacial score (nSPS) is 14.6. The van der Waals surface area contributed by atoms with Gasteiger partial charge in [0.05, 0.1) is 5.56 Å². The van der Waals surface area contributed by atoms with Gasteiger partial charge in [-0.05, 0) is 32.4 Å². The maximum atomic E-state index is 12.5. The molecule has 1 unspecified atom stereocenters. The van der Waals surface area contributed by atoms with Crippen molar-refractivity contribution in [2.75, 3.05) is 0 Å². The third kappa shape index (κ3) is 4.18. The molecule has 1 aromatic carbocycles. The van der Waals surface area contributed by atoms with Crippen molar-refractivity contribution in [2.45, 2.75) is 44.4 Å². The second-order valence-corrected chi connectivity index (χ2v) is 5.54. The van der Waals surface area contributed by atoms with E-state index in [4.69, 9.17) is 11.6 Å². The van der Waals surface area contributed by atoms with E-state index in [1.165, 1.54) is 6.07 Å². The third-order valence-corrected chi connectivity index (χ3v) is 3.54. The van der Waals surface area contributed by atoms with Gasteiger partial charge in [-0.3, -0.25) is 0 Å². The van der Waals surface area contributed by atoms with E-state index in [1.54, 1.807) is 6.07 Å². The van der Waals surface area contributed by atoms with Crippen LogP contribution >= 0.6 is 11.6 Å². The third-order valence-electron chi connectivity index (χ3n) is 3.00.